The summed E-state index contributed by atoms with van der Waals surface area (Å²) in [4.78, 5) is 0. The minimum atomic E-state index is -0.0517. The van der Waals surface area contributed by atoms with Crippen molar-refractivity contribution in [1.82, 2.24) is 0 Å². The van der Waals surface area contributed by atoms with Gasteiger partial charge in [-0.3, -0.25) is 0 Å². The summed E-state index contributed by atoms with van der Waals surface area (Å²) in [5.74, 6) is 0.597. The third-order valence-electron chi connectivity index (χ3n) is 2.33. The predicted octanol–water partition coefficient (Wildman–Crippen LogP) is 1.73. The zero-order valence-corrected chi connectivity index (χ0v) is 6.33. The van der Waals surface area contributed by atoms with Crippen molar-refractivity contribution in [2.75, 3.05) is 0 Å². The van der Waals surface area contributed by atoms with E-state index in [2.05, 4.69) is 18.2 Å². The Hall–Kier alpha value is -0.820. The highest BCUT2D eigenvalue weighted by Gasteiger charge is 2.27. The van der Waals surface area contributed by atoms with Crippen LogP contribution < -0.4 is 0 Å². The Labute approximate surface area is 66.7 Å². The van der Waals surface area contributed by atoms with Gasteiger partial charge in [0.15, 0.2) is 0 Å². The second-order valence-corrected chi connectivity index (χ2v) is 3.16. The van der Waals surface area contributed by atoms with E-state index in [4.69, 9.17) is 5.11 Å². The normalized spacial score (nSPS) is 29.5. The zero-order chi connectivity index (χ0) is 7.68. The summed E-state index contributed by atoms with van der Waals surface area (Å²) < 4.78 is 0. The summed E-state index contributed by atoms with van der Waals surface area (Å²) in [5, 5.41) is 9.07. The van der Waals surface area contributed by atoms with E-state index < -0.39 is 0 Å². The maximum atomic E-state index is 9.07. The molecule has 1 aromatic carbocycles. The first-order valence-electron chi connectivity index (χ1n) is 4.00. The first-order valence-corrected chi connectivity index (χ1v) is 4.00. The van der Waals surface area contributed by atoms with Crippen LogP contribution in [0.1, 0.15) is 24.3 Å². The molecule has 0 atom stereocenters. The summed E-state index contributed by atoms with van der Waals surface area (Å²) in [5.41, 5.74) is 1.34. The van der Waals surface area contributed by atoms with Crippen LogP contribution in [0.3, 0.4) is 0 Å². The highest BCUT2D eigenvalue weighted by Crippen LogP contribution is 2.36. The van der Waals surface area contributed by atoms with E-state index >= 15 is 0 Å². The molecule has 1 nitrogen and oxygen atoms in total. The van der Waals surface area contributed by atoms with Crippen molar-refractivity contribution in [2.24, 2.45) is 0 Å². The Kier molecular flexibility index (Phi) is 1.66. The second kappa shape index (κ2) is 2.67. The molecule has 1 aromatic rings. The van der Waals surface area contributed by atoms with Crippen molar-refractivity contribution in [1.29, 1.82) is 0 Å². The van der Waals surface area contributed by atoms with Crippen LogP contribution in [-0.2, 0) is 0 Å². The Balaban J connectivity index is 2.08. The Morgan fingerprint density at radius 3 is 2.45 bits per heavy atom. The summed E-state index contributed by atoms with van der Waals surface area (Å²) in [6.07, 6.45) is 1.82. The fourth-order valence-corrected chi connectivity index (χ4v) is 1.53. The highest BCUT2D eigenvalue weighted by molar-refractivity contribution is 5.21. The average molecular weight is 147 g/mol. The van der Waals surface area contributed by atoms with Crippen LogP contribution in [0.5, 0.6) is 0 Å². The molecule has 0 bridgehead atoms. The molecule has 0 amide bonds. The monoisotopic (exact) mass is 147 g/mol. The van der Waals surface area contributed by atoms with Crippen molar-refractivity contribution >= 4 is 0 Å². The number of aliphatic hydroxyl groups excluding tert-OH is 1. The summed E-state index contributed by atoms with van der Waals surface area (Å²) >= 11 is 0. The second-order valence-electron chi connectivity index (χ2n) is 3.16. The van der Waals surface area contributed by atoms with Crippen LogP contribution in [0.2, 0.25) is 0 Å². The average Bonchev–Trinajstić information content (AvgIpc) is 2.01. The van der Waals surface area contributed by atoms with E-state index in [9.17, 15) is 0 Å². The van der Waals surface area contributed by atoms with Gasteiger partial charge in [0.05, 0.1) is 6.10 Å². The molecule has 2 rings (SSSR count). The van der Waals surface area contributed by atoms with Gasteiger partial charge in [-0.15, -0.1) is 0 Å². The number of rotatable bonds is 1. The molecule has 0 aromatic heterocycles. The lowest BCUT2D eigenvalue weighted by Crippen LogP contribution is -2.26. The van der Waals surface area contributed by atoms with Crippen LogP contribution in [0.4, 0.5) is 0 Å². The molecule has 1 aliphatic carbocycles. The van der Waals surface area contributed by atoms with Gasteiger partial charge in [-0.1, -0.05) is 24.3 Å². The van der Waals surface area contributed by atoms with Crippen molar-refractivity contribution in [3.63, 3.8) is 0 Å². The molecule has 57 valence electrons. The molecule has 0 aliphatic heterocycles. The molecule has 1 radical (unpaired) electrons. The maximum Gasteiger partial charge on any atom is 0.0552 e. The predicted molar refractivity (Wildman–Crippen MR) is 43.3 cm³/mol. The van der Waals surface area contributed by atoms with Crippen LogP contribution >= 0.6 is 0 Å². The lowest BCUT2D eigenvalue weighted by atomic mass is 9.78. The minimum Gasteiger partial charge on any atom is -0.393 e. The molecular formula is C10H11O. The van der Waals surface area contributed by atoms with Crippen LogP contribution in [0.15, 0.2) is 24.3 Å². The molecule has 0 heterocycles. The fourth-order valence-electron chi connectivity index (χ4n) is 1.53. The van der Waals surface area contributed by atoms with Gasteiger partial charge in [-0.2, -0.15) is 0 Å². The Bertz CT molecular complexity index is 224. The molecule has 0 unspecified atom stereocenters. The van der Waals surface area contributed by atoms with E-state index in [1.165, 1.54) is 5.56 Å². The lowest BCUT2D eigenvalue weighted by molar-refractivity contribution is 0.0746. The summed E-state index contributed by atoms with van der Waals surface area (Å²) in [6.45, 7) is 0. The van der Waals surface area contributed by atoms with E-state index in [1.807, 2.05) is 12.1 Å². The van der Waals surface area contributed by atoms with Crippen molar-refractivity contribution in [3.8, 4) is 0 Å². The Morgan fingerprint density at radius 2 is 1.91 bits per heavy atom. The Morgan fingerprint density at radius 1 is 1.27 bits per heavy atom. The SMILES string of the molecule is OC1CC(c2cc[c]cc2)C1. The summed E-state index contributed by atoms with van der Waals surface area (Å²) in [6, 6.07) is 11.0. The van der Waals surface area contributed by atoms with E-state index in [-0.39, 0.29) is 6.10 Å². The molecule has 11 heavy (non-hydrogen) atoms. The smallest absolute Gasteiger partial charge is 0.0552 e. The van der Waals surface area contributed by atoms with Gasteiger partial charge < -0.3 is 5.11 Å². The lowest BCUT2D eigenvalue weighted by Gasteiger charge is -2.31. The van der Waals surface area contributed by atoms with Gasteiger partial charge in [0, 0.05) is 0 Å². The van der Waals surface area contributed by atoms with E-state index in [1.54, 1.807) is 0 Å². The standard InChI is InChI=1S/C10H11O/c11-10-6-9(7-10)8-4-2-1-3-5-8/h2-5,9-11H,6-7H2. The number of aliphatic hydroxyl groups is 1. The van der Waals surface area contributed by atoms with Crippen LogP contribution in [-0.4, -0.2) is 11.2 Å². The quantitative estimate of drug-likeness (QED) is 0.641. The maximum absolute atomic E-state index is 9.07. The molecule has 0 spiro atoms. The van der Waals surface area contributed by atoms with Crippen molar-refractivity contribution in [2.45, 2.75) is 24.9 Å². The molecule has 1 aliphatic rings. The summed E-state index contributed by atoms with van der Waals surface area (Å²) in [7, 11) is 0. The topological polar surface area (TPSA) is 20.2 Å². The van der Waals surface area contributed by atoms with Gasteiger partial charge in [0.25, 0.3) is 0 Å². The number of hydrogen-bond donors (Lipinski definition) is 1. The first kappa shape index (κ1) is 6.86. The minimum absolute atomic E-state index is 0.0517. The molecule has 0 saturated heterocycles. The third-order valence-corrected chi connectivity index (χ3v) is 2.33. The number of benzene rings is 1. The van der Waals surface area contributed by atoms with Gasteiger partial charge in [-0.05, 0) is 30.4 Å². The molecular weight excluding hydrogens is 136 g/mol. The largest absolute Gasteiger partial charge is 0.393 e. The van der Waals surface area contributed by atoms with E-state index in [0.29, 0.717) is 5.92 Å². The van der Waals surface area contributed by atoms with Gasteiger partial charge in [0.2, 0.25) is 0 Å². The van der Waals surface area contributed by atoms with Gasteiger partial charge in [0.1, 0.15) is 0 Å². The molecule has 1 fully saturated rings. The van der Waals surface area contributed by atoms with Crippen LogP contribution in [0.25, 0.3) is 0 Å². The van der Waals surface area contributed by atoms with Crippen molar-refractivity contribution in [3.05, 3.63) is 35.9 Å². The molecule has 1 N–H and O–H groups in total. The van der Waals surface area contributed by atoms with Gasteiger partial charge >= 0.3 is 0 Å². The zero-order valence-electron chi connectivity index (χ0n) is 6.33. The number of hydrogen-bond acceptors (Lipinski definition) is 1. The highest BCUT2D eigenvalue weighted by atomic mass is 16.3. The van der Waals surface area contributed by atoms with Gasteiger partial charge in [-0.25, -0.2) is 0 Å². The molecule has 1 heteroatoms. The fraction of sp³-hybridized carbons (Fsp3) is 0.400. The van der Waals surface area contributed by atoms with Crippen molar-refractivity contribution < 1.29 is 5.11 Å². The first-order chi connectivity index (χ1) is 5.36. The third kappa shape index (κ3) is 1.29. The van der Waals surface area contributed by atoms with Crippen LogP contribution in [0, 0.1) is 6.07 Å². The molecule has 1 saturated carbocycles. The van der Waals surface area contributed by atoms with E-state index in [0.717, 1.165) is 12.8 Å².